The van der Waals surface area contributed by atoms with Crippen molar-refractivity contribution in [2.75, 3.05) is 13.1 Å². The van der Waals surface area contributed by atoms with Gasteiger partial charge in [-0.15, -0.1) is 0 Å². The van der Waals surface area contributed by atoms with E-state index in [9.17, 15) is 14.7 Å². The molecular weight excluding hydrogens is 248 g/mol. The first-order chi connectivity index (χ1) is 8.97. The number of aliphatic hydroxyl groups excluding tert-OH is 1. The quantitative estimate of drug-likeness (QED) is 0.704. The van der Waals surface area contributed by atoms with E-state index < -0.39 is 18.1 Å². The van der Waals surface area contributed by atoms with Gasteiger partial charge in [-0.25, -0.2) is 9.59 Å². The number of urea groups is 1. The summed E-state index contributed by atoms with van der Waals surface area (Å²) in [4.78, 5) is 24.3. The molecule has 2 atom stereocenters. The molecule has 1 aliphatic carbocycles. The Balaban J connectivity index is 1.90. The van der Waals surface area contributed by atoms with Gasteiger partial charge in [-0.1, -0.05) is 13.3 Å². The summed E-state index contributed by atoms with van der Waals surface area (Å²) in [6.07, 6.45) is 3.84. The summed E-state index contributed by atoms with van der Waals surface area (Å²) in [7, 11) is 0. The molecule has 0 aromatic rings. The SMILES string of the molecule is CCC1(CNC(=O)N2C[C@H](O)C[C@H]2C(=O)O)CCC1. The van der Waals surface area contributed by atoms with Crippen LogP contribution in [0.15, 0.2) is 0 Å². The number of carbonyl (C=O) groups is 2. The molecule has 2 rings (SSSR count). The third-order valence-corrected chi connectivity index (χ3v) is 4.60. The fraction of sp³-hybridized carbons (Fsp3) is 0.846. The van der Waals surface area contributed by atoms with Gasteiger partial charge in [0.25, 0.3) is 0 Å². The van der Waals surface area contributed by atoms with E-state index in [4.69, 9.17) is 5.11 Å². The van der Waals surface area contributed by atoms with E-state index in [0.29, 0.717) is 6.54 Å². The van der Waals surface area contributed by atoms with Crippen molar-refractivity contribution in [2.45, 2.75) is 51.2 Å². The van der Waals surface area contributed by atoms with Crippen molar-refractivity contribution in [1.82, 2.24) is 10.2 Å². The summed E-state index contributed by atoms with van der Waals surface area (Å²) in [6.45, 7) is 2.81. The number of hydrogen-bond donors (Lipinski definition) is 3. The largest absolute Gasteiger partial charge is 0.480 e. The average Bonchev–Trinajstić information content (AvgIpc) is 2.70. The van der Waals surface area contributed by atoms with Crippen LogP contribution in [0.25, 0.3) is 0 Å². The van der Waals surface area contributed by atoms with E-state index in [0.717, 1.165) is 19.3 Å². The zero-order valence-corrected chi connectivity index (χ0v) is 11.3. The lowest BCUT2D eigenvalue weighted by Gasteiger charge is -2.41. The molecule has 0 spiro atoms. The molecule has 108 valence electrons. The van der Waals surface area contributed by atoms with Crippen molar-refractivity contribution >= 4 is 12.0 Å². The number of aliphatic hydroxyl groups is 1. The summed E-state index contributed by atoms with van der Waals surface area (Å²) in [5.74, 6) is -1.06. The number of aliphatic carboxylic acids is 1. The summed E-state index contributed by atoms with van der Waals surface area (Å²) in [5, 5.41) is 21.4. The van der Waals surface area contributed by atoms with Crippen molar-refractivity contribution in [3.05, 3.63) is 0 Å². The number of rotatable bonds is 4. The molecular formula is C13H22N2O4. The van der Waals surface area contributed by atoms with Gasteiger partial charge >= 0.3 is 12.0 Å². The van der Waals surface area contributed by atoms with Crippen molar-refractivity contribution in [2.24, 2.45) is 5.41 Å². The second-order valence-corrected chi connectivity index (χ2v) is 5.76. The van der Waals surface area contributed by atoms with Crippen molar-refractivity contribution in [1.29, 1.82) is 0 Å². The molecule has 0 radical (unpaired) electrons. The molecule has 0 bridgehead atoms. The van der Waals surface area contributed by atoms with Gasteiger partial charge in [0.1, 0.15) is 6.04 Å². The number of likely N-dealkylation sites (tertiary alicyclic amines) is 1. The third kappa shape index (κ3) is 2.83. The first kappa shape index (κ1) is 14.1. The lowest BCUT2D eigenvalue weighted by atomic mass is 9.67. The monoisotopic (exact) mass is 270 g/mol. The van der Waals surface area contributed by atoms with Crippen LogP contribution in [0, 0.1) is 5.41 Å². The molecule has 2 amide bonds. The van der Waals surface area contributed by atoms with Gasteiger partial charge in [0.05, 0.1) is 6.10 Å². The minimum atomic E-state index is -1.06. The number of nitrogens with one attached hydrogen (secondary N) is 1. The standard InChI is InChI=1S/C13H22N2O4/c1-2-13(4-3-5-13)8-14-12(19)15-7-9(16)6-10(15)11(17)18/h9-10,16H,2-8H2,1H3,(H,14,19)(H,17,18)/t9-,10+/m1/s1. The molecule has 1 saturated heterocycles. The van der Waals surface area contributed by atoms with E-state index in [-0.39, 0.29) is 24.4 Å². The maximum atomic E-state index is 12.0. The second kappa shape index (κ2) is 5.36. The molecule has 0 aromatic heterocycles. The third-order valence-electron chi connectivity index (χ3n) is 4.60. The molecule has 1 heterocycles. The van der Waals surface area contributed by atoms with Crippen LogP contribution in [0.4, 0.5) is 4.79 Å². The van der Waals surface area contributed by atoms with Crippen LogP contribution in [0.5, 0.6) is 0 Å². The van der Waals surface area contributed by atoms with Gasteiger partial charge < -0.3 is 20.4 Å². The van der Waals surface area contributed by atoms with Gasteiger partial charge in [0.15, 0.2) is 0 Å². The Morgan fingerprint density at radius 3 is 2.58 bits per heavy atom. The Morgan fingerprint density at radius 1 is 1.42 bits per heavy atom. The number of nitrogens with zero attached hydrogens (tertiary/aromatic N) is 1. The molecule has 2 aliphatic rings. The van der Waals surface area contributed by atoms with Crippen molar-refractivity contribution in [3.8, 4) is 0 Å². The fourth-order valence-corrected chi connectivity index (χ4v) is 2.97. The number of amides is 2. The Labute approximate surface area is 112 Å². The highest BCUT2D eigenvalue weighted by molar-refractivity contribution is 5.83. The van der Waals surface area contributed by atoms with Crippen LogP contribution in [0.3, 0.4) is 0 Å². The molecule has 1 aliphatic heterocycles. The summed E-state index contributed by atoms with van der Waals surface area (Å²) in [5.41, 5.74) is 0.201. The van der Waals surface area contributed by atoms with Gasteiger partial charge in [0, 0.05) is 19.5 Å². The predicted octanol–water partition coefficient (Wildman–Crippen LogP) is 0.796. The van der Waals surface area contributed by atoms with E-state index in [1.165, 1.54) is 11.3 Å². The van der Waals surface area contributed by atoms with Crippen LogP contribution in [0.1, 0.15) is 39.0 Å². The zero-order chi connectivity index (χ0) is 14.0. The lowest BCUT2D eigenvalue weighted by Crippen LogP contribution is -2.50. The molecule has 2 fully saturated rings. The van der Waals surface area contributed by atoms with Crippen LogP contribution in [-0.2, 0) is 4.79 Å². The van der Waals surface area contributed by atoms with Crippen LogP contribution in [-0.4, -0.2) is 52.3 Å². The Kier molecular flexibility index (Phi) is 3.99. The van der Waals surface area contributed by atoms with Gasteiger partial charge in [-0.3, -0.25) is 0 Å². The van der Waals surface area contributed by atoms with Gasteiger partial charge in [-0.05, 0) is 24.7 Å². The van der Waals surface area contributed by atoms with E-state index in [2.05, 4.69) is 12.2 Å². The smallest absolute Gasteiger partial charge is 0.326 e. The highest BCUT2D eigenvalue weighted by Crippen LogP contribution is 2.43. The van der Waals surface area contributed by atoms with Crippen molar-refractivity contribution < 1.29 is 19.8 Å². The van der Waals surface area contributed by atoms with Crippen molar-refractivity contribution in [3.63, 3.8) is 0 Å². The second-order valence-electron chi connectivity index (χ2n) is 5.76. The Morgan fingerprint density at radius 2 is 2.11 bits per heavy atom. The highest BCUT2D eigenvalue weighted by atomic mass is 16.4. The molecule has 0 unspecified atom stereocenters. The first-order valence-electron chi connectivity index (χ1n) is 6.93. The predicted molar refractivity (Wildman–Crippen MR) is 68.7 cm³/mol. The zero-order valence-electron chi connectivity index (χ0n) is 11.3. The summed E-state index contributed by atoms with van der Waals surface area (Å²) >= 11 is 0. The summed E-state index contributed by atoms with van der Waals surface area (Å²) < 4.78 is 0. The van der Waals surface area contributed by atoms with Crippen LogP contribution >= 0.6 is 0 Å². The van der Waals surface area contributed by atoms with E-state index in [1.54, 1.807) is 0 Å². The number of hydrogen-bond acceptors (Lipinski definition) is 3. The Hall–Kier alpha value is -1.30. The highest BCUT2D eigenvalue weighted by Gasteiger charge is 2.40. The van der Waals surface area contributed by atoms with Gasteiger partial charge in [0.2, 0.25) is 0 Å². The molecule has 6 heteroatoms. The van der Waals surface area contributed by atoms with Crippen LogP contribution in [0.2, 0.25) is 0 Å². The van der Waals surface area contributed by atoms with E-state index in [1.807, 2.05) is 0 Å². The number of carbonyl (C=O) groups excluding carboxylic acids is 1. The molecule has 0 aromatic carbocycles. The molecule has 19 heavy (non-hydrogen) atoms. The van der Waals surface area contributed by atoms with E-state index >= 15 is 0 Å². The molecule has 3 N–H and O–H groups in total. The topological polar surface area (TPSA) is 89.9 Å². The summed E-state index contributed by atoms with van der Waals surface area (Å²) in [6, 6.07) is -1.28. The van der Waals surface area contributed by atoms with Crippen LogP contribution < -0.4 is 5.32 Å². The maximum absolute atomic E-state index is 12.0. The Bertz CT molecular complexity index is 362. The normalized spacial score (nSPS) is 28.8. The lowest BCUT2D eigenvalue weighted by molar-refractivity contribution is -0.141. The minimum absolute atomic E-state index is 0.0991. The maximum Gasteiger partial charge on any atom is 0.326 e. The first-order valence-corrected chi connectivity index (χ1v) is 6.93. The molecule has 1 saturated carbocycles. The number of β-amino-alcohol motifs (C(OH)–C–C–N with tert-alkyl or cyclic N) is 1. The average molecular weight is 270 g/mol. The number of carboxylic acids is 1. The molecule has 6 nitrogen and oxygen atoms in total. The number of carboxylic acid groups (broad SMARTS) is 1. The minimum Gasteiger partial charge on any atom is -0.480 e. The fourth-order valence-electron chi connectivity index (χ4n) is 2.97. The van der Waals surface area contributed by atoms with Gasteiger partial charge in [-0.2, -0.15) is 0 Å².